The Balaban J connectivity index is 2.60. The van der Waals surface area contributed by atoms with E-state index >= 15 is 0 Å². The van der Waals surface area contributed by atoms with Crippen LogP contribution in [-0.2, 0) is 10.0 Å². The zero-order chi connectivity index (χ0) is 12.4. The van der Waals surface area contributed by atoms with Gasteiger partial charge in [-0.05, 0) is 31.1 Å². The summed E-state index contributed by atoms with van der Waals surface area (Å²) in [6, 6.07) is 0.168. The molecule has 0 saturated heterocycles. The molecule has 0 spiro atoms. The lowest BCUT2D eigenvalue weighted by Gasteiger charge is -2.37. The summed E-state index contributed by atoms with van der Waals surface area (Å²) in [7, 11) is -1.46. The largest absolute Gasteiger partial charge is 0.215 e. The first kappa shape index (κ1) is 14.3. The number of halogens is 1. The molecule has 0 atom stereocenters. The fourth-order valence-corrected chi connectivity index (χ4v) is 3.95. The van der Waals surface area contributed by atoms with E-state index in [2.05, 4.69) is 13.8 Å². The molecule has 1 aliphatic carbocycles. The van der Waals surface area contributed by atoms with Crippen LogP contribution < -0.4 is 0 Å². The van der Waals surface area contributed by atoms with E-state index in [1.165, 1.54) is 4.31 Å². The van der Waals surface area contributed by atoms with Gasteiger partial charge in [0.05, 0.1) is 5.75 Å². The van der Waals surface area contributed by atoms with Gasteiger partial charge in [0.15, 0.2) is 0 Å². The molecule has 0 aromatic carbocycles. The Morgan fingerprint density at radius 3 is 2.25 bits per heavy atom. The quantitative estimate of drug-likeness (QED) is 0.734. The van der Waals surface area contributed by atoms with Crippen LogP contribution in [0.1, 0.15) is 39.5 Å². The second kappa shape index (κ2) is 5.23. The molecule has 0 radical (unpaired) electrons. The molecule has 0 aromatic rings. The summed E-state index contributed by atoms with van der Waals surface area (Å²) in [5, 5.41) is 0. The number of hydrogen-bond acceptors (Lipinski definition) is 2. The van der Waals surface area contributed by atoms with E-state index in [-0.39, 0.29) is 17.7 Å². The number of alkyl halides is 1. The second-order valence-corrected chi connectivity index (χ2v) is 7.94. The van der Waals surface area contributed by atoms with Gasteiger partial charge in [-0.1, -0.05) is 13.8 Å². The van der Waals surface area contributed by atoms with Gasteiger partial charge in [0.2, 0.25) is 10.0 Å². The zero-order valence-electron chi connectivity index (χ0n) is 10.4. The summed E-state index contributed by atoms with van der Waals surface area (Å²) in [5.41, 5.74) is 0.369. The van der Waals surface area contributed by atoms with Crippen LogP contribution in [0.3, 0.4) is 0 Å². The van der Waals surface area contributed by atoms with Crippen LogP contribution in [0.2, 0.25) is 0 Å². The molecular formula is C11H22ClNO2S. The highest BCUT2D eigenvalue weighted by Gasteiger charge is 2.32. The van der Waals surface area contributed by atoms with E-state index in [0.29, 0.717) is 5.41 Å². The van der Waals surface area contributed by atoms with E-state index in [1.54, 1.807) is 7.05 Å². The highest BCUT2D eigenvalue weighted by Crippen LogP contribution is 2.37. The standard InChI is InChI=1S/C11H22ClNO2S/c1-11(2)6-4-10(5-7-11)13(3)16(14,15)9-8-12/h10H,4-9H2,1-3H3. The zero-order valence-corrected chi connectivity index (χ0v) is 11.9. The predicted octanol–water partition coefficient (Wildman–Crippen LogP) is 2.46. The first-order chi connectivity index (χ1) is 7.28. The molecule has 0 unspecified atom stereocenters. The topological polar surface area (TPSA) is 37.4 Å². The average molecular weight is 268 g/mol. The Hall–Kier alpha value is 0.200. The molecule has 0 aliphatic heterocycles. The van der Waals surface area contributed by atoms with Gasteiger partial charge >= 0.3 is 0 Å². The molecule has 1 aliphatic rings. The summed E-state index contributed by atoms with van der Waals surface area (Å²) in [4.78, 5) is 0. The summed E-state index contributed by atoms with van der Waals surface area (Å²) < 4.78 is 25.2. The van der Waals surface area contributed by atoms with E-state index in [9.17, 15) is 8.42 Å². The minimum absolute atomic E-state index is 0.0466. The molecule has 96 valence electrons. The van der Waals surface area contributed by atoms with Crippen LogP contribution in [-0.4, -0.2) is 37.4 Å². The minimum atomic E-state index is -3.15. The fraction of sp³-hybridized carbons (Fsp3) is 1.00. The van der Waals surface area contributed by atoms with Crippen molar-refractivity contribution in [2.24, 2.45) is 5.41 Å². The van der Waals surface area contributed by atoms with Crippen LogP contribution in [0.25, 0.3) is 0 Å². The molecule has 0 heterocycles. The molecule has 16 heavy (non-hydrogen) atoms. The molecule has 3 nitrogen and oxygen atoms in total. The van der Waals surface area contributed by atoms with Crippen molar-refractivity contribution in [2.45, 2.75) is 45.6 Å². The predicted molar refractivity (Wildman–Crippen MR) is 68.3 cm³/mol. The molecule has 1 saturated carbocycles. The summed E-state index contributed by atoms with van der Waals surface area (Å²) >= 11 is 5.51. The maximum atomic E-state index is 11.8. The average Bonchev–Trinajstić information content (AvgIpc) is 2.16. The fourth-order valence-electron chi connectivity index (χ4n) is 2.22. The molecule has 5 heteroatoms. The Morgan fingerprint density at radius 2 is 1.81 bits per heavy atom. The van der Waals surface area contributed by atoms with Crippen molar-refractivity contribution in [2.75, 3.05) is 18.7 Å². The van der Waals surface area contributed by atoms with Gasteiger partial charge < -0.3 is 0 Å². The lowest BCUT2D eigenvalue weighted by Crippen LogP contribution is -2.42. The highest BCUT2D eigenvalue weighted by atomic mass is 35.5. The van der Waals surface area contributed by atoms with Gasteiger partial charge in [-0.25, -0.2) is 12.7 Å². The summed E-state index contributed by atoms with van der Waals surface area (Å²) in [6.45, 7) is 4.49. The Bertz CT molecular complexity index is 317. The van der Waals surface area contributed by atoms with Crippen LogP contribution >= 0.6 is 11.6 Å². The Labute approximate surface area is 104 Å². The van der Waals surface area contributed by atoms with Gasteiger partial charge in [-0.2, -0.15) is 0 Å². The third-order valence-electron chi connectivity index (χ3n) is 3.60. The van der Waals surface area contributed by atoms with Crippen molar-refractivity contribution in [3.8, 4) is 0 Å². The maximum Gasteiger partial charge on any atom is 0.215 e. The van der Waals surface area contributed by atoms with E-state index in [0.717, 1.165) is 25.7 Å². The minimum Gasteiger partial charge on any atom is -0.212 e. The van der Waals surface area contributed by atoms with Crippen molar-refractivity contribution in [3.63, 3.8) is 0 Å². The molecule has 1 rings (SSSR count). The van der Waals surface area contributed by atoms with Gasteiger partial charge in [-0.15, -0.1) is 11.6 Å². The van der Waals surface area contributed by atoms with Gasteiger partial charge in [0, 0.05) is 19.0 Å². The first-order valence-corrected chi connectivity index (χ1v) is 7.94. The molecule has 0 N–H and O–H groups in total. The second-order valence-electron chi connectivity index (χ2n) is 5.42. The third kappa shape index (κ3) is 3.60. The Kier molecular flexibility index (Phi) is 4.66. The number of rotatable bonds is 4. The van der Waals surface area contributed by atoms with Crippen molar-refractivity contribution < 1.29 is 8.42 Å². The Morgan fingerprint density at radius 1 is 1.31 bits per heavy atom. The van der Waals surface area contributed by atoms with Crippen LogP contribution in [0.15, 0.2) is 0 Å². The summed E-state index contributed by atoms with van der Waals surface area (Å²) in [5.74, 6) is 0.218. The van der Waals surface area contributed by atoms with Gasteiger partial charge in [-0.3, -0.25) is 0 Å². The summed E-state index contributed by atoms with van der Waals surface area (Å²) in [6.07, 6.45) is 4.12. The molecular weight excluding hydrogens is 246 g/mol. The molecule has 0 amide bonds. The van der Waals surface area contributed by atoms with Crippen molar-refractivity contribution in [3.05, 3.63) is 0 Å². The lowest BCUT2D eigenvalue weighted by atomic mass is 9.76. The number of sulfonamides is 1. The normalized spacial score (nSPS) is 22.6. The molecule has 1 fully saturated rings. The van der Waals surface area contributed by atoms with E-state index < -0.39 is 10.0 Å². The SMILES string of the molecule is CN(C1CCC(C)(C)CC1)S(=O)(=O)CCCl. The van der Waals surface area contributed by atoms with Crippen molar-refractivity contribution >= 4 is 21.6 Å². The first-order valence-electron chi connectivity index (χ1n) is 5.80. The number of hydrogen-bond donors (Lipinski definition) is 0. The van der Waals surface area contributed by atoms with Crippen LogP contribution in [0.4, 0.5) is 0 Å². The monoisotopic (exact) mass is 267 g/mol. The van der Waals surface area contributed by atoms with Crippen LogP contribution in [0, 0.1) is 5.41 Å². The molecule has 0 aromatic heterocycles. The van der Waals surface area contributed by atoms with Gasteiger partial charge in [0.1, 0.15) is 0 Å². The van der Waals surface area contributed by atoms with Crippen molar-refractivity contribution in [1.82, 2.24) is 4.31 Å². The van der Waals surface area contributed by atoms with Crippen molar-refractivity contribution in [1.29, 1.82) is 0 Å². The molecule has 0 bridgehead atoms. The smallest absolute Gasteiger partial charge is 0.212 e. The third-order valence-corrected chi connectivity index (χ3v) is 5.91. The van der Waals surface area contributed by atoms with E-state index in [1.807, 2.05) is 0 Å². The highest BCUT2D eigenvalue weighted by molar-refractivity contribution is 7.89. The maximum absolute atomic E-state index is 11.8. The van der Waals surface area contributed by atoms with E-state index in [4.69, 9.17) is 11.6 Å². The van der Waals surface area contributed by atoms with Crippen LogP contribution in [0.5, 0.6) is 0 Å². The van der Waals surface area contributed by atoms with Gasteiger partial charge in [0.25, 0.3) is 0 Å². The number of nitrogens with zero attached hydrogens (tertiary/aromatic N) is 1. The lowest BCUT2D eigenvalue weighted by molar-refractivity contribution is 0.174.